The van der Waals surface area contributed by atoms with E-state index in [2.05, 4.69) is 33.7 Å². The molecule has 0 amide bonds. The van der Waals surface area contributed by atoms with Crippen LogP contribution in [0.2, 0.25) is 0 Å². The van der Waals surface area contributed by atoms with Gasteiger partial charge in [-0.05, 0) is 55.3 Å². The molecule has 1 N–H and O–H groups in total. The zero-order chi connectivity index (χ0) is 19.6. The first-order valence-electron chi connectivity index (χ1n) is 8.52. The van der Waals surface area contributed by atoms with Gasteiger partial charge in [0.15, 0.2) is 0 Å². The van der Waals surface area contributed by atoms with Crippen LogP contribution in [0.3, 0.4) is 0 Å². The SMILES string of the molecule is C=C/C(=C\C=C(/C)Nc1nnc2ccc(C(=C)/C=C\C=C/C)cc2n1)OC. The van der Waals surface area contributed by atoms with Gasteiger partial charge in [0.1, 0.15) is 11.3 Å². The van der Waals surface area contributed by atoms with Gasteiger partial charge in [0.05, 0.1) is 12.6 Å². The second-order valence-electron chi connectivity index (χ2n) is 5.70. The van der Waals surface area contributed by atoms with Crippen molar-refractivity contribution in [2.75, 3.05) is 12.4 Å². The third kappa shape index (κ3) is 5.78. The topological polar surface area (TPSA) is 59.9 Å². The van der Waals surface area contributed by atoms with Gasteiger partial charge in [0.25, 0.3) is 0 Å². The lowest BCUT2D eigenvalue weighted by atomic mass is 10.1. The molecule has 5 nitrogen and oxygen atoms in total. The fourth-order valence-electron chi connectivity index (χ4n) is 2.21. The molecule has 0 bridgehead atoms. The van der Waals surface area contributed by atoms with Crippen LogP contribution in [-0.4, -0.2) is 22.3 Å². The van der Waals surface area contributed by atoms with Gasteiger partial charge in [-0.25, -0.2) is 4.98 Å². The van der Waals surface area contributed by atoms with Crippen LogP contribution in [0.1, 0.15) is 19.4 Å². The Kier molecular flexibility index (Phi) is 7.26. The Bertz CT molecular complexity index is 952. The number of hydrogen-bond donors (Lipinski definition) is 1. The Labute approximate surface area is 160 Å². The first kappa shape index (κ1) is 19.8. The number of nitrogens with one attached hydrogen (secondary N) is 1. The van der Waals surface area contributed by atoms with E-state index in [1.165, 1.54) is 0 Å². The number of allylic oxidation sites excluding steroid dienone is 9. The van der Waals surface area contributed by atoms with E-state index in [0.717, 1.165) is 27.9 Å². The fourth-order valence-corrected chi connectivity index (χ4v) is 2.21. The van der Waals surface area contributed by atoms with Gasteiger partial charge < -0.3 is 10.1 Å². The van der Waals surface area contributed by atoms with E-state index in [1.807, 2.05) is 68.5 Å². The number of anilines is 1. The van der Waals surface area contributed by atoms with Crippen LogP contribution in [-0.2, 0) is 4.74 Å². The smallest absolute Gasteiger partial charge is 0.247 e. The van der Waals surface area contributed by atoms with Gasteiger partial charge in [0, 0.05) is 5.70 Å². The van der Waals surface area contributed by atoms with Gasteiger partial charge >= 0.3 is 0 Å². The zero-order valence-corrected chi connectivity index (χ0v) is 15.9. The summed E-state index contributed by atoms with van der Waals surface area (Å²) in [6.45, 7) is 11.7. The van der Waals surface area contributed by atoms with Crippen molar-refractivity contribution in [2.45, 2.75) is 13.8 Å². The maximum Gasteiger partial charge on any atom is 0.247 e. The second-order valence-corrected chi connectivity index (χ2v) is 5.70. The number of rotatable bonds is 8. The minimum atomic E-state index is 0.425. The molecule has 0 aliphatic rings. The summed E-state index contributed by atoms with van der Waals surface area (Å²) in [6, 6.07) is 5.81. The molecule has 0 aliphatic heterocycles. The summed E-state index contributed by atoms with van der Waals surface area (Å²) in [5.41, 5.74) is 4.21. The quantitative estimate of drug-likeness (QED) is 0.518. The summed E-state index contributed by atoms with van der Waals surface area (Å²) in [6.07, 6.45) is 13.1. The maximum atomic E-state index is 5.14. The van der Waals surface area contributed by atoms with E-state index in [9.17, 15) is 0 Å². The Balaban J connectivity index is 2.24. The fraction of sp³-hybridized carbons (Fsp3) is 0.136. The monoisotopic (exact) mass is 360 g/mol. The minimum Gasteiger partial charge on any atom is -0.497 e. The first-order valence-corrected chi connectivity index (χ1v) is 8.52. The first-order chi connectivity index (χ1) is 13.1. The number of fused-ring (bicyclic) bond motifs is 1. The van der Waals surface area contributed by atoms with E-state index in [-0.39, 0.29) is 0 Å². The summed E-state index contributed by atoms with van der Waals surface area (Å²) in [5, 5.41) is 11.5. The average molecular weight is 360 g/mol. The summed E-state index contributed by atoms with van der Waals surface area (Å²) in [4.78, 5) is 4.55. The van der Waals surface area contributed by atoms with Crippen LogP contribution >= 0.6 is 0 Å². The lowest BCUT2D eigenvalue weighted by Gasteiger charge is -2.06. The normalized spacial score (nSPS) is 12.7. The summed E-state index contributed by atoms with van der Waals surface area (Å²) in [7, 11) is 1.60. The molecular formula is C22H24N4O. The molecule has 0 atom stereocenters. The molecule has 1 aromatic heterocycles. The van der Waals surface area contributed by atoms with E-state index in [4.69, 9.17) is 4.74 Å². The van der Waals surface area contributed by atoms with Gasteiger partial charge in [-0.1, -0.05) is 43.5 Å². The summed E-state index contributed by atoms with van der Waals surface area (Å²) >= 11 is 0. The Morgan fingerprint density at radius 2 is 1.96 bits per heavy atom. The molecule has 0 fully saturated rings. The molecule has 0 spiro atoms. The van der Waals surface area contributed by atoms with Crippen molar-refractivity contribution in [1.82, 2.24) is 15.2 Å². The van der Waals surface area contributed by atoms with Crippen LogP contribution < -0.4 is 5.32 Å². The summed E-state index contributed by atoms with van der Waals surface area (Å²) in [5.74, 6) is 1.09. The Morgan fingerprint density at radius 3 is 2.67 bits per heavy atom. The van der Waals surface area contributed by atoms with E-state index < -0.39 is 0 Å². The van der Waals surface area contributed by atoms with Crippen molar-refractivity contribution in [3.05, 3.63) is 90.9 Å². The predicted octanol–water partition coefficient (Wildman–Crippen LogP) is 5.20. The molecule has 0 saturated heterocycles. The van der Waals surface area contributed by atoms with Crippen molar-refractivity contribution < 1.29 is 4.74 Å². The standard InChI is InChI=1S/C22H24N4O/c1-6-8-9-10-16(3)18-12-14-20-21(15-18)24-22(26-25-20)23-17(4)11-13-19(7-2)27-5/h6-15H,2-3H2,1,4-5H3,(H,23,24,26)/b8-6-,10-9-,17-11+,19-13+. The van der Waals surface area contributed by atoms with Crippen LogP contribution in [0.5, 0.6) is 0 Å². The highest BCUT2D eigenvalue weighted by Crippen LogP contribution is 2.19. The molecule has 1 heterocycles. The van der Waals surface area contributed by atoms with E-state index >= 15 is 0 Å². The molecule has 2 rings (SSSR count). The Hall–Kier alpha value is -3.47. The number of aromatic nitrogens is 3. The van der Waals surface area contributed by atoms with Gasteiger partial charge in [-0.15, -0.1) is 10.2 Å². The molecule has 0 saturated carbocycles. The number of nitrogens with zero attached hydrogens (tertiary/aromatic N) is 3. The largest absolute Gasteiger partial charge is 0.497 e. The molecule has 0 radical (unpaired) electrons. The number of benzene rings is 1. The van der Waals surface area contributed by atoms with Crippen LogP contribution in [0.4, 0.5) is 5.95 Å². The van der Waals surface area contributed by atoms with Gasteiger partial charge in [-0.2, -0.15) is 0 Å². The zero-order valence-electron chi connectivity index (χ0n) is 15.9. The molecule has 0 unspecified atom stereocenters. The molecular weight excluding hydrogens is 336 g/mol. The number of hydrogen-bond acceptors (Lipinski definition) is 5. The van der Waals surface area contributed by atoms with Crippen molar-refractivity contribution in [1.29, 1.82) is 0 Å². The number of methoxy groups -OCH3 is 1. The summed E-state index contributed by atoms with van der Waals surface area (Å²) < 4.78 is 5.14. The molecule has 138 valence electrons. The predicted molar refractivity (Wildman–Crippen MR) is 113 cm³/mol. The van der Waals surface area contributed by atoms with Crippen LogP contribution in [0, 0.1) is 0 Å². The average Bonchev–Trinajstić information content (AvgIpc) is 2.68. The molecule has 1 aromatic carbocycles. The maximum absolute atomic E-state index is 5.14. The van der Waals surface area contributed by atoms with Crippen molar-refractivity contribution in [3.63, 3.8) is 0 Å². The van der Waals surface area contributed by atoms with Crippen LogP contribution in [0.25, 0.3) is 16.6 Å². The third-order valence-electron chi connectivity index (χ3n) is 3.67. The highest BCUT2D eigenvalue weighted by atomic mass is 16.5. The third-order valence-corrected chi connectivity index (χ3v) is 3.67. The molecule has 2 aromatic rings. The van der Waals surface area contributed by atoms with Crippen LogP contribution in [0.15, 0.2) is 85.3 Å². The van der Waals surface area contributed by atoms with Crippen molar-refractivity contribution >= 4 is 22.6 Å². The Morgan fingerprint density at radius 1 is 1.15 bits per heavy atom. The molecule has 5 heteroatoms. The lowest BCUT2D eigenvalue weighted by Crippen LogP contribution is -2.03. The van der Waals surface area contributed by atoms with Gasteiger partial charge in [0.2, 0.25) is 5.95 Å². The highest BCUT2D eigenvalue weighted by Gasteiger charge is 2.04. The minimum absolute atomic E-state index is 0.425. The molecule has 27 heavy (non-hydrogen) atoms. The lowest BCUT2D eigenvalue weighted by molar-refractivity contribution is 0.307. The van der Waals surface area contributed by atoms with E-state index in [1.54, 1.807) is 13.2 Å². The second kappa shape index (κ2) is 9.87. The highest BCUT2D eigenvalue weighted by molar-refractivity contribution is 5.82. The molecule has 0 aliphatic carbocycles. The van der Waals surface area contributed by atoms with Gasteiger partial charge in [-0.3, -0.25) is 0 Å². The number of ether oxygens (including phenoxy) is 1. The van der Waals surface area contributed by atoms with E-state index in [0.29, 0.717) is 11.7 Å². The van der Waals surface area contributed by atoms with Crippen molar-refractivity contribution in [3.8, 4) is 0 Å². The van der Waals surface area contributed by atoms with Crippen molar-refractivity contribution in [2.24, 2.45) is 0 Å².